The molecule has 108 valence electrons. The van der Waals surface area contributed by atoms with Gasteiger partial charge in [-0.25, -0.2) is 4.79 Å². The van der Waals surface area contributed by atoms with Gasteiger partial charge in [0.2, 0.25) is 0 Å². The lowest BCUT2D eigenvalue weighted by molar-refractivity contribution is 0.0927. The van der Waals surface area contributed by atoms with Crippen LogP contribution in [0.25, 0.3) is 0 Å². The van der Waals surface area contributed by atoms with Crippen LogP contribution in [-0.2, 0) is 4.74 Å². The number of hydrogen-bond acceptors (Lipinski definition) is 3. The summed E-state index contributed by atoms with van der Waals surface area (Å²) in [6.45, 7) is 2.05. The van der Waals surface area contributed by atoms with Gasteiger partial charge in [0.15, 0.2) is 0 Å². The molecule has 1 saturated heterocycles. The molecule has 2 fully saturated rings. The molecule has 0 spiro atoms. The van der Waals surface area contributed by atoms with E-state index in [0.29, 0.717) is 0 Å². The first-order valence-corrected chi connectivity index (χ1v) is 8.22. The molecule has 1 saturated carbocycles. The van der Waals surface area contributed by atoms with Gasteiger partial charge in [-0.05, 0) is 31.9 Å². The van der Waals surface area contributed by atoms with Crippen LogP contribution in [0.2, 0.25) is 0 Å². The van der Waals surface area contributed by atoms with E-state index in [0.717, 1.165) is 12.8 Å². The van der Waals surface area contributed by atoms with Gasteiger partial charge in [0.05, 0.1) is 10.8 Å². The number of hydrogen-bond donors (Lipinski definition) is 1. The molecule has 1 aliphatic heterocycles. The number of carbonyl (C=O) groups excluding carboxylic acids is 1. The maximum atomic E-state index is 11.6. The van der Waals surface area contributed by atoms with Crippen molar-refractivity contribution in [3.05, 3.63) is 30.3 Å². The third kappa shape index (κ3) is 2.66. The zero-order valence-electron chi connectivity index (χ0n) is 11.8. The summed E-state index contributed by atoms with van der Waals surface area (Å²) in [5.41, 5.74) is 0. The van der Waals surface area contributed by atoms with Crippen LogP contribution in [0.3, 0.4) is 0 Å². The third-order valence-electron chi connectivity index (χ3n) is 4.32. The molecule has 4 heteroatoms. The zero-order valence-corrected chi connectivity index (χ0v) is 12.6. The highest BCUT2D eigenvalue weighted by atomic mass is 32.2. The van der Waals surface area contributed by atoms with Gasteiger partial charge in [0.25, 0.3) is 0 Å². The Morgan fingerprint density at radius 2 is 1.90 bits per heavy atom. The standard InChI is InChI=1S/C16H21NO2S/c1-12-14(19-15(18)17-12)16(10-6-3-7-11-16)20-13-8-4-2-5-9-13/h2,4-5,8-9,12,14H,3,6-7,10-11H2,1H3,(H,17,18)/t12-,14+/m1/s1. The third-order valence-corrected chi connectivity index (χ3v) is 5.87. The van der Waals surface area contributed by atoms with Crippen LogP contribution in [0.5, 0.6) is 0 Å². The maximum Gasteiger partial charge on any atom is 0.407 e. The molecule has 0 bridgehead atoms. The van der Waals surface area contributed by atoms with Crippen LogP contribution in [-0.4, -0.2) is 23.0 Å². The molecule has 1 aromatic rings. The van der Waals surface area contributed by atoms with Gasteiger partial charge in [-0.2, -0.15) is 0 Å². The Labute approximate surface area is 124 Å². The Bertz CT molecular complexity index is 471. The Balaban J connectivity index is 1.86. The van der Waals surface area contributed by atoms with Gasteiger partial charge >= 0.3 is 6.09 Å². The van der Waals surface area contributed by atoms with E-state index in [1.165, 1.54) is 24.2 Å². The summed E-state index contributed by atoms with van der Waals surface area (Å²) in [5, 5.41) is 2.90. The van der Waals surface area contributed by atoms with E-state index in [1.54, 1.807) is 0 Å². The number of carbonyl (C=O) groups is 1. The molecule has 1 heterocycles. The Kier molecular flexibility index (Phi) is 3.92. The van der Waals surface area contributed by atoms with Crippen molar-refractivity contribution in [3.8, 4) is 0 Å². The quantitative estimate of drug-likeness (QED) is 0.915. The predicted molar refractivity (Wildman–Crippen MR) is 81.0 cm³/mol. The summed E-state index contributed by atoms with van der Waals surface area (Å²) in [5.74, 6) is 0. The predicted octanol–water partition coefficient (Wildman–Crippen LogP) is 3.98. The van der Waals surface area contributed by atoms with Crippen LogP contribution >= 0.6 is 11.8 Å². The number of cyclic esters (lactones) is 1. The van der Waals surface area contributed by atoms with Gasteiger partial charge in [-0.3, -0.25) is 0 Å². The molecule has 0 unspecified atom stereocenters. The highest BCUT2D eigenvalue weighted by molar-refractivity contribution is 8.00. The van der Waals surface area contributed by atoms with Crippen molar-refractivity contribution >= 4 is 17.9 Å². The largest absolute Gasteiger partial charge is 0.443 e. The number of rotatable bonds is 3. The number of benzene rings is 1. The van der Waals surface area contributed by atoms with Gasteiger partial charge < -0.3 is 10.1 Å². The molecule has 3 nitrogen and oxygen atoms in total. The normalized spacial score (nSPS) is 28.8. The number of nitrogens with one attached hydrogen (secondary N) is 1. The Hall–Kier alpha value is -1.16. The lowest BCUT2D eigenvalue weighted by atomic mass is 9.82. The summed E-state index contributed by atoms with van der Waals surface area (Å²) in [6.07, 6.45) is 5.69. The van der Waals surface area contributed by atoms with Crippen molar-refractivity contribution in [1.29, 1.82) is 0 Å². The Morgan fingerprint density at radius 3 is 2.50 bits per heavy atom. The van der Waals surface area contributed by atoms with E-state index < -0.39 is 0 Å². The van der Waals surface area contributed by atoms with Crippen molar-refractivity contribution in [2.45, 2.75) is 60.8 Å². The lowest BCUT2D eigenvalue weighted by Crippen LogP contribution is -2.47. The highest BCUT2D eigenvalue weighted by Crippen LogP contribution is 2.48. The minimum atomic E-state index is -0.263. The summed E-state index contributed by atoms with van der Waals surface area (Å²) in [6, 6.07) is 10.6. The van der Waals surface area contributed by atoms with E-state index in [1.807, 2.05) is 17.8 Å². The second-order valence-electron chi connectivity index (χ2n) is 5.80. The topological polar surface area (TPSA) is 38.3 Å². The van der Waals surface area contributed by atoms with Crippen LogP contribution in [0.1, 0.15) is 39.0 Å². The second-order valence-corrected chi connectivity index (χ2v) is 7.29. The first-order valence-electron chi connectivity index (χ1n) is 7.41. The molecule has 0 aromatic heterocycles. The molecule has 2 atom stereocenters. The van der Waals surface area contributed by atoms with Crippen LogP contribution in [0.15, 0.2) is 35.2 Å². The molecule has 1 amide bonds. The van der Waals surface area contributed by atoms with Crippen LogP contribution < -0.4 is 5.32 Å². The molecule has 20 heavy (non-hydrogen) atoms. The summed E-state index contributed by atoms with van der Waals surface area (Å²) in [4.78, 5) is 12.8. The summed E-state index contributed by atoms with van der Waals surface area (Å²) in [7, 11) is 0. The van der Waals surface area contributed by atoms with Crippen LogP contribution in [0, 0.1) is 0 Å². The van der Waals surface area contributed by atoms with E-state index in [-0.39, 0.29) is 23.0 Å². The maximum absolute atomic E-state index is 11.6. The number of amides is 1. The fourth-order valence-electron chi connectivity index (χ4n) is 3.39. The SMILES string of the molecule is C[C@H]1NC(=O)O[C@@H]1C1(Sc2ccccc2)CCCCC1. The number of alkyl carbamates (subject to hydrolysis) is 1. The van der Waals surface area contributed by atoms with Gasteiger partial charge in [0.1, 0.15) is 6.10 Å². The fraction of sp³-hybridized carbons (Fsp3) is 0.562. The van der Waals surface area contributed by atoms with Crippen molar-refractivity contribution in [1.82, 2.24) is 5.32 Å². The average molecular weight is 291 g/mol. The molecule has 1 aromatic carbocycles. The van der Waals surface area contributed by atoms with Crippen molar-refractivity contribution in [2.75, 3.05) is 0 Å². The van der Waals surface area contributed by atoms with Gasteiger partial charge in [-0.15, -0.1) is 11.8 Å². The van der Waals surface area contributed by atoms with Crippen LogP contribution in [0.4, 0.5) is 4.79 Å². The van der Waals surface area contributed by atoms with E-state index in [9.17, 15) is 4.79 Å². The molecule has 3 rings (SSSR count). The summed E-state index contributed by atoms with van der Waals surface area (Å²) >= 11 is 1.90. The van der Waals surface area contributed by atoms with E-state index >= 15 is 0 Å². The molecule has 1 N–H and O–H groups in total. The summed E-state index contributed by atoms with van der Waals surface area (Å²) < 4.78 is 5.64. The molecule has 0 radical (unpaired) electrons. The smallest absolute Gasteiger partial charge is 0.407 e. The van der Waals surface area contributed by atoms with E-state index in [2.05, 4.69) is 36.5 Å². The Morgan fingerprint density at radius 1 is 1.20 bits per heavy atom. The first kappa shape index (κ1) is 13.8. The lowest BCUT2D eigenvalue weighted by Gasteiger charge is -2.41. The zero-order chi connectivity index (χ0) is 14.0. The van der Waals surface area contributed by atoms with Crippen molar-refractivity contribution < 1.29 is 9.53 Å². The molecule has 2 aliphatic rings. The van der Waals surface area contributed by atoms with Gasteiger partial charge in [-0.1, -0.05) is 37.5 Å². The second kappa shape index (κ2) is 5.68. The minimum absolute atomic E-state index is 0.0260. The number of thioether (sulfide) groups is 1. The molecule has 1 aliphatic carbocycles. The van der Waals surface area contributed by atoms with Crippen molar-refractivity contribution in [2.24, 2.45) is 0 Å². The minimum Gasteiger partial charge on any atom is -0.443 e. The monoisotopic (exact) mass is 291 g/mol. The average Bonchev–Trinajstić information content (AvgIpc) is 2.80. The molecular formula is C16H21NO2S. The van der Waals surface area contributed by atoms with Crippen molar-refractivity contribution in [3.63, 3.8) is 0 Å². The molecular weight excluding hydrogens is 270 g/mol. The van der Waals surface area contributed by atoms with E-state index in [4.69, 9.17) is 4.74 Å². The van der Waals surface area contributed by atoms with Gasteiger partial charge in [0, 0.05) is 4.90 Å². The first-order chi connectivity index (χ1) is 9.70. The number of ether oxygens (including phenoxy) is 1. The highest BCUT2D eigenvalue weighted by Gasteiger charge is 2.49. The fourth-order valence-corrected chi connectivity index (χ4v) is 5.02.